The Balaban J connectivity index is 1.62. The van der Waals surface area contributed by atoms with Crippen molar-refractivity contribution in [3.05, 3.63) is 28.7 Å². The zero-order valence-electron chi connectivity index (χ0n) is 12.1. The minimum absolute atomic E-state index is 0.0671. The van der Waals surface area contributed by atoms with Crippen molar-refractivity contribution < 1.29 is 13.2 Å². The SMILES string of the molecule is O=C(CSc1ccc(Br)cc1)N(C1CC1)[C@H]1CCS(=O)(=O)C1. The highest BCUT2D eigenvalue weighted by Gasteiger charge is 2.41. The van der Waals surface area contributed by atoms with Gasteiger partial charge in [-0.1, -0.05) is 15.9 Å². The Morgan fingerprint density at radius 3 is 2.41 bits per heavy atom. The summed E-state index contributed by atoms with van der Waals surface area (Å²) in [4.78, 5) is 15.5. The van der Waals surface area contributed by atoms with Gasteiger partial charge in [0.25, 0.3) is 0 Å². The minimum atomic E-state index is -2.96. The Bertz CT molecular complexity index is 656. The highest BCUT2D eigenvalue weighted by atomic mass is 79.9. The first kappa shape index (κ1) is 16.3. The molecule has 1 aromatic rings. The van der Waals surface area contributed by atoms with E-state index >= 15 is 0 Å². The Labute approximate surface area is 143 Å². The molecule has 1 amide bonds. The first-order chi connectivity index (χ1) is 10.4. The largest absolute Gasteiger partial charge is 0.335 e. The van der Waals surface area contributed by atoms with Crippen molar-refractivity contribution >= 4 is 43.4 Å². The topological polar surface area (TPSA) is 54.5 Å². The second-order valence-corrected chi connectivity index (χ2v) is 10.0. The number of thioether (sulfide) groups is 1. The Hall–Kier alpha value is -0.530. The third-order valence-corrected chi connectivity index (χ3v) is 7.28. The Kier molecular flexibility index (Phi) is 4.85. The summed E-state index contributed by atoms with van der Waals surface area (Å²) in [5, 5.41) is 0. The number of sulfone groups is 1. The minimum Gasteiger partial charge on any atom is -0.335 e. The van der Waals surface area contributed by atoms with Gasteiger partial charge in [0.2, 0.25) is 5.91 Å². The molecule has 7 heteroatoms. The van der Waals surface area contributed by atoms with Gasteiger partial charge in [-0.2, -0.15) is 0 Å². The predicted molar refractivity (Wildman–Crippen MR) is 91.8 cm³/mol. The summed E-state index contributed by atoms with van der Waals surface area (Å²) in [6.45, 7) is 0. The number of nitrogens with zero attached hydrogens (tertiary/aromatic N) is 1. The summed E-state index contributed by atoms with van der Waals surface area (Å²) in [5.74, 6) is 0.790. The lowest BCUT2D eigenvalue weighted by molar-refractivity contribution is -0.130. The van der Waals surface area contributed by atoms with Gasteiger partial charge in [-0.15, -0.1) is 11.8 Å². The molecule has 22 heavy (non-hydrogen) atoms. The second-order valence-electron chi connectivity index (χ2n) is 5.83. The lowest BCUT2D eigenvalue weighted by Crippen LogP contribution is -2.43. The molecule has 1 aliphatic carbocycles. The molecule has 2 fully saturated rings. The van der Waals surface area contributed by atoms with Crippen molar-refractivity contribution in [2.75, 3.05) is 17.3 Å². The van der Waals surface area contributed by atoms with Crippen LogP contribution in [0.2, 0.25) is 0 Å². The fourth-order valence-corrected chi connectivity index (χ4v) is 5.55. The van der Waals surface area contributed by atoms with Crippen LogP contribution in [0.5, 0.6) is 0 Å². The fourth-order valence-electron chi connectivity index (χ4n) is 2.80. The number of rotatable bonds is 5. The molecule has 0 aromatic heterocycles. The number of hydrogen-bond acceptors (Lipinski definition) is 4. The molecule has 2 aliphatic rings. The second kappa shape index (κ2) is 6.53. The summed E-state index contributed by atoms with van der Waals surface area (Å²) < 4.78 is 24.4. The van der Waals surface area contributed by atoms with E-state index in [-0.39, 0.29) is 29.5 Å². The van der Waals surface area contributed by atoms with Crippen LogP contribution in [0.25, 0.3) is 0 Å². The highest BCUT2D eigenvalue weighted by molar-refractivity contribution is 9.10. The molecule has 1 atom stereocenters. The standard InChI is InChI=1S/C15H18BrNO3S2/c16-11-1-5-14(6-2-11)21-9-15(18)17(12-3-4-12)13-7-8-22(19,20)10-13/h1-2,5-6,12-13H,3-4,7-10H2/t13-/m0/s1. The first-order valence-electron chi connectivity index (χ1n) is 7.34. The number of halogens is 1. The normalized spacial score (nSPS) is 23.4. The van der Waals surface area contributed by atoms with Crippen molar-refractivity contribution in [2.24, 2.45) is 0 Å². The molecule has 1 aromatic carbocycles. The molecule has 1 saturated carbocycles. The van der Waals surface area contributed by atoms with Gasteiger partial charge in [-0.25, -0.2) is 8.42 Å². The van der Waals surface area contributed by atoms with E-state index in [2.05, 4.69) is 15.9 Å². The molecule has 3 rings (SSSR count). The van der Waals surface area contributed by atoms with Crippen molar-refractivity contribution in [2.45, 2.75) is 36.2 Å². The van der Waals surface area contributed by atoms with Crippen LogP contribution in [0.3, 0.4) is 0 Å². The highest BCUT2D eigenvalue weighted by Crippen LogP contribution is 2.33. The zero-order chi connectivity index (χ0) is 15.7. The Morgan fingerprint density at radius 1 is 1.18 bits per heavy atom. The maximum atomic E-state index is 12.6. The molecule has 1 saturated heterocycles. The van der Waals surface area contributed by atoms with E-state index in [0.29, 0.717) is 12.2 Å². The summed E-state index contributed by atoms with van der Waals surface area (Å²) in [5.41, 5.74) is 0. The van der Waals surface area contributed by atoms with Gasteiger partial charge >= 0.3 is 0 Å². The van der Waals surface area contributed by atoms with Gasteiger partial charge in [0.05, 0.1) is 17.3 Å². The molecular formula is C15H18BrNO3S2. The van der Waals surface area contributed by atoms with E-state index in [4.69, 9.17) is 0 Å². The maximum absolute atomic E-state index is 12.6. The van der Waals surface area contributed by atoms with Crippen molar-refractivity contribution in [1.29, 1.82) is 0 Å². The van der Waals surface area contributed by atoms with Crippen molar-refractivity contribution in [3.63, 3.8) is 0 Å². The molecule has 0 spiro atoms. The van der Waals surface area contributed by atoms with E-state index in [1.165, 1.54) is 11.8 Å². The Morgan fingerprint density at radius 2 is 1.86 bits per heavy atom. The van der Waals surface area contributed by atoms with Gasteiger partial charge < -0.3 is 4.90 Å². The predicted octanol–water partition coefficient (Wildman–Crippen LogP) is 2.72. The van der Waals surface area contributed by atoms with Crippen LogP contribution in [0.4, 0.5) is 0 Å². The average Bonchev–Trinajstić information content (AvgIpc) is 3.23. The molecule has 4 nitrogen and oxygen atoms in total. The van der Waals surface area contributed by atoms with Crippen LogP contribution >= 0.6 is 27.7 Å². The number of carbonyl (C=O) groups is 1. The van der Waals surface area contributed by atoms with Crippen LogP contribution in [0, 0.1) is 0 Å². The monoisotopic (exact) mass is 403 g/mol. The maximum Gasteiger partial charge on any atom is 0.233 e. The summed E-state index contributed by atoms with van der Waals surface area (Å²) in [7, 11) is -2.96. The van der Waals surface area contributed by atoms with Gasteiger partial charge in [-0.3, -0.25) is 4.79 Å². The molecule has 1 aliphatic heterocycles. The summed E-state index contributed by atoms with van der Waals surface area (Å²) in [6, 6.07) is 8.00. The van der Waals surface area contributed by atoms with Crippen LogP contribution in [0.1, 0.15) is 19.3 Å². The van der Waals surface area contributed by atoms with Crippen molar-refractivity contribution in [3.8, 4) is 0 Å². The van der Waals surface area contributed by atoms with E-state index in [0.717, 1.165) is 22.2 Å². The number of amides is 1. The van der Waals surface area contributed by atoms with Crippen molar-refractivity contribution in [1.82, 2.24) is 4.90 Å². The van der Waals surface area contributed by atoms with E-state index in [1.54, 1.807) is 0 Å². The number of carbonyl (C=O) groups excluding carboxylic acids is 1. The van der Waals surface area contributed by atoms with Crippen LogP contribution < -0.4 is 0 Å². The molecular weight excluding hydrogens is 386 g/mol. The van der Waals surface area contributed by atoms with Crippen LogP contribution in [-0.4, -0.2) is 48.6 Å². The smallest absolute Gasteiger partial charge is 0.233 e. The molecule has 0 unspecified atom stereocenters. The lowest BCUT2D eigenvalue weighted by atomic mass is 10.2. The molecule has 0 radical (unpaired) electrons. The quantitative estimate of drug-likeness (QED) is 0.709. The zero-order valence-corrected chi connectivity index (χ0v) is 15.3. The average molecular weight is 404 g/mol. The van der Waals surface area contributed by atoms with Gasteiger partial charge in [0.15, 0.2) is 9.84 Å². The van der Waals surface area contributed by atoms with Gasteiger partial charge in [-0.05, 0) is 43.5 Å². The molecule has 120 valence electrons. The molecule has 1 heterocycles. The van der Waals surface area contributed by atoms with Crippen LogP contribution in [0.15, 0.2) is 33.6 Å². The third-order valence-electron chi connectivity index (χ3n) is 4.01. The molecule has 0 N–H and O–H groups in total. The number of hydrogen-bond donors (Lipinski definition) is 0. The summed E-state index contributed by atoms with van der Waals surface area (Å²) >= 11 is 4.90. The van der Waals surface area contributed by atoms with Crippen LogP contribution in [-0.2, 0) is 14.6 Å². The number of benzene rings is 1. The first-order valence-corrected chi connectivity index (χ1v) is 10.9. The fraction of sp³-hybridized carbons (Fsp3) is 0.533. The van der Waals surface area contributed by atoms with E-state index in [9.17, 15) is 13.2 Å². The van der Waals surface area contributed by atoms with E-state index < -0.39 is 9.84 Å². The van der Waals surface area contributed by atoms with Gasteiger partial charge in [0.1, 0.15) is 0 Å². The summed E-state index contributed by atoms with van der Waals surface area (Å²) in [6.07, 6.45) is 2.60. The third kappa shape index (κ3) is 4.06. The van der Waals surface area contributed by atoms with Gasteiger partial charge in [0, 0.05) is 21.5 Å². The lowest BCUT2D eigenvalue weighted by Gasteiger charge is -2.28. The molecule has 0 bridgehead atoms. The van der Waals surface area contributed by atoms with E-state index in [1.807, 2.05) is 29.2 Å².